The Kier molecular flexibility index (Phi) is 6.52. The molecule has 28 heavy (non-hydrogen) atoms. The molecule has 0 saturated heterocycles. The second kappa shape index (κ2) is 9.46. The molecule has 142 valence electrons. The van der Waals surface area contributed by atoms with Gasteiger partial charge in [-0.3, -0.25) is 14.6 Å². The van der Waals surface area contributed by atoms with Gasteiger partial charge in [0.15, 0.2) is 0 Å². The van der Waals surface area contributed by atoms with Crippen LogP contribution >= 0.6 is 0 Å². The second-order valence-corrected chi connectivity index (χ2v) is 6.48. The van der Waals surface area contributed by atoms with E-state index in [1.165, 1.54) is 5.56 Å². The van der Waals surface area contributed by atoms with Crippen LogP contribution in [0.4, 0.5) is 5.69 Å². The molecule has 3 rings (SSSR count). The minimum absolute atomic E-state index is 0.156. The molecule has 0 bridgehead atoms. The lowest BCUT2D eigenvalue weighted by Gasteiger charge is -2.12. The summed E-state index contributed by atoms with van der Waals surface area (Å²) < 4.78 is 0. The van der Waals surface area contributed by atoms with Gasteiger partial charge in [-0.2, -0.15) is 0 Å². The average molecular weight is 373 g/mol. The minimum Gasteiger partial charge on any atom is -0.348 e. The molecular weight excluding hydrogens is 350 g/mol. The third-order valence-corrected chi connectivity index (χ3v) is 4.42. The predicted octanol–water partition coefficient (Wildman–Crippen LogP) is 3.76. The van der Waals surface area contributed by atoms with Crippen LogP contribution in [0.2, 0.25) is 0 Å². The van der Waals surface area contributed by atoms with Crippen LogP contribution in [0.5, 0.6) is 0 Å². The Morgan fingerprint density at radius 2 is 1.64 bits per heavy atom. The van der Waals surface area contributed by atoms with Gasteiger partial charge in [-0.05, 0) is 41.3 Å². The van der Waals surface area contributed by atoms with Crippen molar-refractivity contribution in [2.24, 2.45) is 0 Å². The molecule has 5 heteroatoms. The number of hydrogen-bond acceptors (Lipinski definition) is 3. The number of amides is 2. The fourth-order valence-electron chi connectivity index (χ4n) is 2.84. The molecule has 2 amide bonds. The Balaban J connectivity index is 1.63. The van der Waals surface area contributed by atoms with Crippen LogP contribution in [0.15, 0.2) is 73.1 Å². The van der Waals surface area contributed by atoms with Crippen molar-refractivity contribution in [3.8, 4) is 0 Å². The van der Waals surface area contributed by atoms with Gasteiger partial charge < -0.3 is 10.6 Å². The summed E-state index contributed by atoms with van der Waals surface area (Å²) in [7, 11) is 0. The molecule has 0 unspecified atom stereocenters. The largest absolute Gasteiger partial charge is 0.348 e. The number of carbonyl (C=O) groups excluding carboxylic acids is 2. The van der Waals surface area contributed by atoms with E-state index in [-0.39, 0.29) is 18.2 Å². The van der Waals surface area contributed by atoms with Crippen molar-refractivity contribution in [1.82, 2.24) is 10.3 Å². The number of nitrogens with one attached hydrogen (secondary N) is 2. The van der Waals surface area contributed by atoms with Crippen LogP contribution in [0.3, 0.4) is 0 Å². The molecule has 0 aliphatic rings. The topological polar surface area (TPSA) is 71.1 Å². The fraction of sp³-hybridized carbons (Fsp3) is 0.174. The van der Waals surface area contributed by atoms with E-state index < -0.39 is 0 Å². The first-order valence-electron chi connectivity index (χ1n) is 9.29. The number of pyridine rings is 1. The molecule has 2 aromatic carbocycles. The lowest BCUT2D eigenvalue weighted by Crippen LogP contribution is -2.25. The van der Waals surface area contributed by atoms with Gasteiger partial charge in [-0.15, -0.1) is 0 Å². The maximum Gasteiger partial charge on any atom is 0.253 e. The zero-order chi connectivity index (χ0) is 19.8. The van der Waals surface area contributed by atoms with Crippen molar-refractivity contribution in [3.63, 3.8) is 0 Å². The van der Waals surface area contributed by atoms with Crippen molar-refractivity contribution in [3.05, 3.63) is 95.3 Å². The highest BCUT2D eigenvalue weighted by molar-refractivity contribution is 6.04. The molecule has 1 aromatic heterocycles. The number of anilines is 1. The lowest BCUT2D eigenvalue weighted by molar-refractivity contribution is -0.115. The Morgan fingerprint density at radius 1 is 0.893 bits per heavy atom. The van der Waals surface area contributed by atoms with E-state index in [2.05, 4.69) is 22.5 Å². The molecule has 0 saturated carbocycles. The van der Waals surface area contributed by atoms with E-state index in [1.807, 2.05) is 36.4 Å². The van der Waals surface area contributed by atoms with Crippen LogP contribution in [0, 0.1) is 0 Å². The van der Waals surface area contributed by atoms with Crippen molar-refractivity contribution in [2.45, 2.75) is 26.3 Å². The Labute approximate surface area is 164 Å². The average Bonchev–Trinajstić information content (AvgIpc) is 2.73. The second-order valence-electron chi connectivity index (χ2n) is 6.48. The summed E-state index contributed by atoms with van der Waals surface area (Å²) in [6.07, 6.45) is 4.62. The van der Waals surface area contributed by atoms with Crippen molar-refractivity contribution in [2.75, 3.05) is 5.32 Å². The highest BCUT2D eigenvalue weighted by Gasteiger charge is 2.13. The molecule has 0 aliphatic carbocycles. The van der Waals surface area contributed by atoms with Crippen LogP contribution in [0.25, 0.3) is 0 Å². The predicted molar refractivity (Wildman–Crippen MR) is 110 cm³/mol. The molecule has 0 aliphatic heterocycles. The first kappa shape index (κ1) is 19.3. The third kappa shape index (κ3) is 5.27. The summed E-state index contributed by atoms with van der Waals surface area (Å²) in [6, 6.07) is 18.7. The standard InChI is InChI=1S/C23H23N3O2/c1-2-17-9-11-18(12-10-17)14-22(27)26-21-8-4-3-7-20(21)23(28)25-16-19-6-5-13-24-15-19/h3-13,15H,2,14,16H2,1H3,(H,25,28)(H,26,27). The Morgan fingerprint density at radius 3 is 2.36 bits per heavy atom. The summed E-state index contributed by atoms with van der Waals surface area (Å²) in [6.45, 7) is 2.47. The Bertz CT molecular complexity index is 938. The lowest BCUT2D eigenvalue weighted by atomic mass is 10.1. The molecule has 0 radical (unpaired) electrons. The van der Waals surface area contributed by atoms with E-state index in [0.717, 1.165) is 17.5 Å². The maximum absolute atomic E-state index is 12.6. The fourth-order valence-corrected chi connectivity index (χ4v) is 2.84. The van der Waals surface area contributed by atoms with Gasteiger partial charge in [0.05, 0.1) is 17.7 Å². The quantitative estimate of drug-likeness (QED) is 0.662. The maximum atomic E-state index is 12.6. The van der Waals surface area contributed by atoms with E-state index in [4.69, 9.17) is 0 Å². The molecule has 0 spiro atoms. The molecule has 5 nitrogen and oxygen atoms in total. The van der Waals surface area contributed by atoms with Crippen molar-refractivity contribution >= 4 is 17.5 Å². The summed E-state index contributed by atoms with van der Waals surface area (Å²) in [5.41, 5.74) is 4.02. The number of para-hydroxylation sites is 1. The van der Waals surface area contributed by atoms with E-state index in [0.29, 0.717) is 17.8 Å². The normalized spacial score (nSPS) is 10.3. The van der Waals surface area contributed by atoms with Gasteiger partial charge in [0.25, 0.3) is 5.91 Å². The monoisotopic (exact) mass is 373 g/mol. The van der Waals surface area contributed by atoms with Gasteiger partial charge >= 0.3 is 0 Å². The zero-order valence-corrected chi connectivity index (χ0v) is 15.8. The van der Waals surface area contributed by atoms with E-state index >= 15 is 0 Å². The summed E-state index contributed by atoms with van der Waals surface area (Å²) in [4.78, 5) is 29.0. The number of carbonyl (C=O) groups is 2. The highest BCUT2D eigenvalue weighted by Crippen LogP contribution is 2.16. The van der Waals surface area contributed by atoms with Gasteiger partial charge in [-0.1, -0.05) is 49.4 Å². The first-order valence-corrected chi connectivity index (χ1v) is 9.29. The third-order valence-electron chi connectivity index (χ3n) is 4.42. The van der Waals surface area contributed by atoms with Gasteiger partial charge in [-0.25, -0.2) is 0 Å². The number of benzene rings is 2. The first-order chi connectivity index (χ1) is 13.7. The van der Waals surface area contributed by atoms with Crippen molar-refractivity contribution < 1.29 is 9.59 Å². The Hall–Kier alpha value is -3.47. The molecular formula is C23H23N3O2. The van der Waals surface area contributed by atoms with Crippen LogP contribution in [-0.4, -0.2) is 16.8 Å². The van der Waals surface area contributed by atoms with Gasteiger partial charge in [0.1, 0.15) is 0 Å². The van der Waals surface area contributed by atoms with Gasteiger partial charge in [0, 0.05) is 18.9 Å². The van der Waals surface area contributed by atoms with E-state index in [1.54, 1.807) is 36.7 Å². The molecule has 0 fully saturated rings. The molecule has 2 N–H and O–H groups in total. The zero-order valence-electron chi connectivity index (χ0n) is 15.8. The highest BCUT2D eigenvalue weighted by atomic mass is 16.2. The summed E-state index contributed by atoms with van der Waals surface area (Å²) in [5, 5.41) is 5.72. The minimum atomic E-state index is -0.243. The smallest absolute Gasteiger partial charge is 0.253 e. The summed E-state index contributed by atoms with van der Waals surface area (Å²) in [5.74, 6) is -0.399. The van der Waals surface area contributed by atoms with Crippen molar-refractivity contribution in [1.29, 1.82) is 0 Å². The van der Waals surface area contributed by atoms with Crippen LogP contribution in [-0.2, 0) is 24.2 Å². The number of aryl methyl sites for hydroxylation is 1. The molecule has 0 atom stereocenters. The van der Waals surface area contributed by atoms with Gasteiger partial charge in [0.2, 0.25) is 5.91 Å². The number of aromatic nitrogens is 1. The summed E-state index contributed by atoms with van der Waals surface area (Å²) >= 11 is 0. The number of hydrogen-bond donors (Lipinski definition) is 2. The number of rotatable bonds is 7. The molecule has 1 heterocycles. The van der Waals surface area contributed by atoms with Crippen LogP contribution < -0.4 is 10.6 Å². The molecule has 3 aromatic rings. The van der Waals surface area contributed by atoms with Crippen LogP contribution in [0.1, 0.15) is 34.0 Å². The number of nitrogens with zero attached hydrogens (tertiary/aromatic N) is 1. The SMILES string of the molecule is CCc1ccc(CC(=O)Nc2ccccc2C(=O)NCc2cccnc2)cc1. The van der Waals surface area contributed by atoms with E-state index in [9.17, 15) is 9.59 Å².